The van der Waals surface area contributed by atoms with Crippen LogP contribution in [-0.4, -0.2) is 4.92 Å². The van der Waals surface area contributed by atoms with Crippen LogP contribution < -0.4 is 5.73 Å². The maximum Gasteiger partial charge on any atom is 0.296 e. The van der Waals surface area contributed by atoms with Crippen molar-refractivity contribution in [2.75, 3.05) is 5.73 Å². The summed E-state index contributed by atoms with van der Waals surface area (Å²) < 4.78 is 0. The molecule has 6 nitrogen and oxygen atoms in total. The monoisotopic (exact) mass is 276 g/mol. The molecule has 0 aromatic heterocycles. The molecule has 0 fully saturated rings. The minimum Gasteiger partial charge on any atom is -0.398 e. The number of nitro benzene ring substituents is 1. The van der Waals surface area contributed by atoms with E-state index >= 15 is 0 Å². The predicted octanol–water partition coefficient (Wildman–Crippen LogP) is 4.25. The number of nitrogens with zero attached hydrogens (tertiary/aromatic N) is 3. The number of nitrogen functional groups attached to an aromatic ring is 1. The smallest absolute Gasteiger partial charge is 0.296 e. The summed E-state index contributed by atoms with van der Waals surface area (Å²) in [6.45, 7) is 0. The van der Waals surface area contributed by atoms with E-state index in [4.69, 9.17) is 17.3 Å². The van der Waals surface area contributed by atoms with E-state index in [1.54, 1.807) is 24.3 Å². The van der Waals surface area contributed by atoms with Crippen molar-refractivity contribution < 1.29 is 4.92 Å². The topological polar surface area (TPSA) is 93.9 Å². The van der Waals surface area contributed by atoms with Crippen molar-refractivity contribution in [1.29, 1.82) is 0 Å². The maximum absolute atomic E-state index is 10.8. The van der Waals surface area contributed by atoms with Crippen LogP contribution >= 0.6 is 11.6 Å². The number of hydrogen-bond acceptors (Lipinski definition) is 5. The molecule has 0 spiro atoms. The van der Waals surface area contributed by atoms with Gasteiger partial charge in [-0.15, -0.1) is 5.11 Å². The van der Waals surface area contributed by atoms with Gasteiger partial charge in [0.25, 0.3) is 5.69 Å². The molecule has 0 saturated carbocycles. The number of benzene rings is 2. The molecule has 96 valence electrons. The number of azo groups is 1. The average molecular weight is 277 g/mol. The van der Waals surface area contributed by atoms with Gasteiger partial charge < -0.3 is 5.73 Å². The number of rotatable bonds is 3. The van der Waals surface area contributed by atoms with Crippen LogP contribution in [0.2, 0.25) is 5.02 Å². The summed E-state index contributed by atoms with van der Waals surface area (Å²) in [5.41, 5.74) is 6.55. The molecule has 2 N–H and O–H groups in total. The zero-order valence-corrected chi connectivity index (χ0v) is 10.4. The SMILES string of the molecule is Nc1ccc(N=Nc2ccccc2[N+](=O)[O-])cc1Cl. The number of nitro groups is 1. The van der Waals surface area contributed by atoms with E-state index < -0.39 is 4.92 Å². The Kier molecular flexibility index (Phi) is 3.72. The Balaban J connectivity index is 2.32. The second-order valence-corrected chi connectivity index (χ2v) is 4.06. The highest BCUT2D eigenvalue weighted by Gasteiger charge is 2.11. The van der Waals surface area contributed by atoms with Gasteiger partial charge in [0, 0.05) is 6.07 Å². The van der Waals surface area contributed by atoms with Gasteiger partial charge in [0.05, 0.1) is 21.3 Å². The largest absolute Gasteiger partial charge is 0.398 e. The van der Waals surface area contributed by atoms with Crippen molar-refractivity contribution in [3.63, 3.8) is 0 Å². The van der Waals surface area contributed by atoms with Crippen LogP contribution in [0.4, 0.5) is 22.7 Å². The van der Waals surface area contributed by atoms with Gasteiger partial charge >= 0.3 is 0 Å². The first kappa shape index (κ1) is 13.0. The lowest BCUT2D eigenvalue weighted by atomic mass is 10.3. The molecule has 0 unspecified atom stereocenters. The van der Waals surface area contributed by atoms with Crippen molar-refractivity contribution >= 4 is 34.4 Å². The van der Waals surface area contributed by atoms with Gasteiger partial charge in [-0.2, -0.15) is 5.11 Å². The fourth-order valence-corrected chi connectivity index (χ4v) is 1.57. The first-order chi connectivity index (χ1) is 9.08. The number of halogens is 1. The van der Waals surface area contributed by atoms with E-state index in [9.17, 15) is 10.1 Å². The molecule has 0 bridgehead atoms. The molecular weight excluding hydrogens is 268 g/mol. The van der Waals surface area contributed by atoms with Gasteiger partial charge in [-0.3, -0.25) is 10.1 Å². The molecule has 0 atom stereocenters. The Morgan fingerprint density at radius 2 is 1.89 bits per heavy atom. The molecule has 0 saturated heterocycles. The number of para-hydroxylation sites is 1. The van der Waals surface area contributed by atoms with Crippen molar-refractivity contribution in [3.05, 3.63) is 57.6 Å². The lowest BCUT2D eigenvalue weighted by Crippen LogP contribution is -1.87. The van der Waals surface area contributed by atoms with Crippen LogP contribution in [0.5, 0.6) is 0 Å². The molecule has 0 aliphatic carbocycles. The highest BCUT2D eigenvalue weighted by molar-refractivity contribution is 6.33. The number of nitrogens with two attached hydrogens (primary N) is 1. The van der Waals surface area contributed by atoms with Crippen LogP contribution in [0.1, 0.15) is 0 Å². The van der Waals surface area contributed by atoms with Crippen molar-refractivity contribution in [2.24, 2.45) is 10.2 Å². The van der Waals surface area contributed by atoms with E-state index in [0.29, 0.717) is 16.4 Å². The van der Waals surface area contributed by atoms with E-state index in [1.807, 2.05) is 0 Å². The van der Waals surface area contributed by atoms with Gasteiger partial charge in [0.2, 0.25) is 0 Å². The normalized spacial score (nSPS) is 10.8. The van der Waals surface area contributed by atoms with Gasteiger partial charge in [0.1, 0.15) is 0 Å². The molecule has 0 aliphatic rings. The summed E-state index contributed by atoms with van der Waals surface area (Å²) in [5, 5.41) is 18.9. The zero-order valence-electron chi connectivity index (χ0n) is 9.65. The molecule has 2 rings (SSSR count). The molecule has 7 heteroatoms. The Morgan fingerprint density at radius 3 is 2.58 bits per heavy atom. The van der Waals surface area contributed by atoms with E-state index in [0.717, 1.165) is 0 Å². The fraction of sp³-hybridized carbons (Fsp3) is 0. The van der Waals surface area contributed by atoms with Crippen LogP contribution in [0.25, 0.3) is 0 Å². The third-order valence-corrected chi connectivity index (χ3v) is 2.66. The molecule has 0 heterocycles. The average Bonchev–Trinajstić information content (AvgIpc) is 2.40. The molecule has 2 aromatic rings. The second kappa shape index (κ2) is 5.45. The third kappa shape index (κ3) is 3.05. The van der Waals surface area contributed by atoms with Gasteiger partial charge in [-0.1, -0.05) is 23.7 Å². The highest BCUT2D eigenvalue weighted by atomic mass is 35.5. The van der Waals surface area contributed by atoms with Crippen molar-refractivity contribution in [1.82, 2.24) is 0 Å². The highest BCUT2D eigenvalue weighted by Crippen LogP contribution is 2.30. The van der Waals surface area contributed by atoms with Crippen LogP contribution in [0.15, 0.2) is 52.7 Å². The maximum atomic E-state index is 10.8. The summed E-state index contributed by atoms with van der Waals surface area (Å²) in [6.07, 6.45) is 0. The number of hydrogen-bond donors (Lipinski definition) is 1. The van der Waals surface area contributed by atoms with Gasteiger partial charge in [-0.25, -0.2) is 0 Å². The molecule has 0 radical (unpaired) electrons. The van der Waals surface area contributed by atoms with E-state index in [2.05, 4.69) is 10.2 Å². The van der Waals surface area contributed by atoms with Crippen LogP contribution in [0, 0.1) is 10.1 Å². The van der Waals surface area contributed by atoms with Crippen molar-refractivity contribution in [2.45, 2.75) is 0 Å². The van der Waals surface area contributed by atoms with Crippen LogP contribution in [-0.2, 0) is 0 Å². The first-order valence-corrected chi connectivity index (χ1v) is 5.66. The lowest BCUT2D eigenvalue weighted by molar-refractivity contribution is -0.384. The Labute approximate surface area is 113 Å². The molecule has 0 amide bonds. The quantitative estimate of drug-likeness (QED) is 0.393. The summed E-state index contributed by atoms with van der Waals surface area (Å²) in [7, 11) is 0. The second-order valence-electron chi connectivity index (χ2n) is 3.65. The minimum atomic E-state index is -0.510. The molecule has 19 heavy (non-hydrogen) atoms. The first-order valence-electron chi connectivity index (χ1n) is 5.28. The standard InChI is InChI=1S/C12H9ClN4O2/c13-9-7-8(5-6-10(9)14)15-16-11-3-1-2-4-12(11)17(18)19/h1-7H,14H2. The molecular formula is C12H9ClN4O2. The predicted molar refractivity (Wildman–Crippen MR) is 73.1 cm³/mol. The minimum absolute atomic E-state index is 0.104. The summed E-state index contributed by atoms with van der Waals surface area (Å²) in [4.78, 5) is 10.3. The lowest BCUT2D eigenvalue weighted by Gasteiger charge is -1.98. The third-order valence-electron chi connectivity index (χ3n) is 2.34. The summed E-state index contributed by atoms with van der Waals surface area (Å²) in [5.74, 6) is 0. The number of anilines is 1. The van der Waals surface area contributed by atoms with E-state index in [1.165, 1.54) is 18.2 Å². The fourth-order valence-electron chi connectivity index (χ4n) is 1.39. The summed E-state index contributed by atoms with van der Waals surface area (Å²) >= 11 is 5.84. The van der Waals surface area contributed by atoms with E-state index in [-0.39, 0.29) is 11.4 Å². The Morgan fingerprint density at radius 1 is 1.16 bits per heavy atom. The van der Waals surface area contributed by atoms with Gasteiger partial charge in [0.15, 0.2) is 5.69 Å². The molecule has 0 aliphatic heterocycles. The Hall–Kier alpha value is -2.47. The zero-order chi connectivity index (χ0) is 13.8. The summed E-state index contributed by atoms with van der Waals surface area (Å²) in [6, 6.07) is 10.9. The molecule has 2 aromatic carbocycles. The van der Waals surface area contributed by atoms with Crippen molar-refractivity contribution in [3.8, 4) is 0 Å². The van der Waals surface area contributed by atoms with Gasteiger partial charge in [-0.05, 0) is 24.3 Å². The Bertz CT molecular complexity index is 658. The van der Waals surface area contributed by atoms with Crippen LogP contribution in [0.3, 0.4) is 0 Å².